The molecule has 0 amide bonds. The first-order valence-corrected chi connectivity index (χ1v) is 6.08. The van der Waals surface area contributed by atoms with Crippen LogP contribution in [0.4, 0.5) is 0 Å². The Morgan fingerprint density at radius 2 is 2.44 bits per heavy atom. The molecule has 0 spiro atoms. The van der Waals surface area contributed by atoms with Gasteiger partial charge in [0.25, 0.3) is 0 Å². The molecule has 86 valence electrons. The Bertz CT molecular complexity index is 406. The second kappa shape index (κ2) is 4.97. The maximum atomic E-state index is 11.0. The number of carbonyl (C=O) groups is 1. The number of hydrogen-bond acceptors (Lipinski definition) is 3. The fourth-order valence-electron chi connectivity index (χ4n) is 2.08. The highest BCUT2D eigenvalue weighted by molar-refractivity contribution is 9.10. The topological polar surface area (TPSA) is 38.3 Å². The zero-order valence-corrected chi connectivity index (χ0v) is 10.7. The Balaban J connectivity index is 2.03. The molecule has 0 saturated carbocycles. The fraction of sp³-hybridized carbons (Fsp3) is 0.417. The molecule has 0 heterocycles. The molecule has 0 aliphatic heterocycles. The van der Waals surface area contributed by atoms with Crippen molar-refractivity contribution in [3.8, 4) is 0 Å². The van der Waals surface area contributed by atoms with Crippen molar-refractivity contribution in [2.75, 3.05) is 13.7 Å². The highest BCUT2D eigenvalue weighted by Crippen LogP contribution is 2.32. The summed E-state index contributed by atoms with van der Waals surface area (Å²) in [7, 11) is 1.41. The van der Waals surface area contributed by atoms with Crippen LogP contribution >= 0.6 is 15.9 Å². The van der Waals surface area contributed by atoms with Gasteiger partial charge in [0, 0.05) is 10.5 Å². The van der Waals surface area contributed by atoms with Crippen LogP contribution in [-0.4, -0.2) is 19.6 Å². The largest absolute Gasteiger partial charge is 0.468 e. The number of nitrogens with one attached hydrogen (secondary N) is 1. The Morgan fingerprint density at radius 1 is 1.62 bits per heavy atom. The minimum atomic E-state index is -0.217. The molecule has 1 aromatic rings. The minimum Gasteiger partial charge on any atom is -0.468 e. The van der Waals surface area contributed by atoms with Crippen LogP contribution in [0, 0.1) is 0 Å². The molecular formula is C12H14BrNO2. The molecule has 0 bridgehead atoms. The summed E-state index contributed by atoms with van der Waals surface area (Å²) in [5.74, 6) is -0.217. The number of esters is 1. The standard InChI is InChI=1S/C12H14BrNO2/c1-16-12(15)7-14-11-5-2-8-6-9(13)3-4-10(8)11/h3-4,6,11,14H,2,5,7H2,1H3. The zero-order valence-electron chi connectivity index (χ0n) is 9.13. The van der Waals surface area contributed by atoms with Gasteiger partial charge in [0.2, 0.25) is 0 Å². The van der Waals surface area contributed by atoms with Gasteiger partial charge >= 0.3 is 5.97 Å². The third kappa shape index (κ3) is 2.44. The van der Waals surface area contributed by atoms with E-state index in [4.69, 9.17) is 0 Å². The number of carbonyl (C=O) groups excluding carboxylic acids is 1. The molecule has 2 rings (SSSR count). The van der Waals surface area contributed by atoms with Crippen molar-refractivity contribution in [3.05, 3.63) is 33.8 Å². The van der Waals surface area contributed by atoms with Crippen LogP contribution in [0.25, 0.3) is 0 Å². The van der Waals surface area contributed by atoms with Gasteiger partial charge in [-0.2, -0.15) is 0 Å². The third-order valence-electron chi connectivity index (χ3n) is 2.90. The second-order valence-electron chi connectivity index (χ2n) is 3.89. The molecule has 1 aliphatic rings. The quantitative estimate of drug-likeness (QED) is 0.865. The van der Waals surface area contributed by atoms with E-state index >= 15 is 0 Å². The van der Waals surface area contributed by atoms with Crippen LogP contribution in [0.1, 0.15) is 23.6 Å². The number of methoxy groups -OCH3 is 1. The van der Waals surface area contributed by atoms with Gasteiger partial charge in [-0.15, -0.1) is 0 Å². The first kappa shape index (κ1) is 11.6. The molecule has 0 aromatic heterocycles. The van der Waals surface area contributed by atoms with Crippen LogP contribution in [-0.2, 0) is 16.0 Å². The van der Waals surface area contributed by atoms with Crippen LogP contribution in [0.2, 0.25) is 0 Å². The lowest BCUT2D eigenvalue weighted by Crippen LogP contribution is -2.27. The summed E-state index contributed by atoms with van der Waals surface area (Å²) in [5.41, 5.74) is 2.66. The first-order valence-electron chi connectivity index (χ1n) is 5.29. The molecule has 4 heteroatoms. The summed E-state index contributed by atoms with van der Waals surface area (Å²) in [6.07, 6.45) is 2.11. The summed E-state index contributed by atoms with van der Waals surface area (Å²) >= 11 is 3.46. The monoisotopic (exact) mass is 283 g/mol. The molecule has 3 nitrogen and oxygen atoms in total. The Kier molecular flexibility index (Phi) is 3.61. The Morgan fingerprint density at radius 3 is 3.19 bits per heavy atom. The highest BCUT2D eigenvalue weighted by Gasteiger charge is 2.22. The van der Waals surface area contributed by atoms with E-state index in [-0.39, 0.29) is 18.6 Å². The van der Waals surface area contributed by atoms with Crippen molar-refractivity contribution < 1.29 is 9.53 Å². The van der Waals surface area contributed by atoms with Crippen LogP contribution in [0.15, 0.2) is 22.7 Å². The van der Waals surface area contributed by atoms with Crippen molar-refractivity contribution in [1.29, 1.82) is 0 Å². The predicted molar refractivity (Wildman–Crippen MR) is 65.2 cm³/mol. The smallest absolute Gasteiger partial charge is 0.319 e. The van der Waals surface area contributed by atoms with Crippen molar-refractivity contribution in [2.45, 2.75) is 18.9 Å². The number of ether oxygens (including phenoxy) is 1. The van der Waals surface area contributed by atoms with Crippen molar-refractivity contribution in [2.24, 2.45) is 0 Å². The Labute approximate surface area is 103 Å². The van der Waals surface area contributed by atoms with E-state index in [9.17, 15) is 4.79 Å². The van der Waals surface area contributed by atoms with Gasteiger partial charge in [-0.25, -0.2) is 0 Å². The van der Waals surface area contributed by atoms with Gasteiger partial charge in [0.15, 0.2) is 0 Å². The van der Waals surface area contributed by atoms with E-state index in [2.05, 4.69) is 38.1 Å². The van der Waals surface area contributed by atoms with E-state index in [1.54, 1.807) is 0 Å². The minimum absolute atomic E-state index is 0.217. The number of halogens is 1. The second-order valence-corrected chi connectivity index (χ2v) is 4.81. The number of hydrogen-bond donors (Lipinski definition) is 1. The number of benzene rings is 1. The molecule has 0 saturated heterocycles. The van der Waals surface area contributed by atoms with Crippen LogP contribution in [0.5, 0.6) is 0 Å². The van der Waals surface area contributed by atoms with Crippen molar-refractivity contribution in [3.63, 3.8) is 0 Å². The normalized spacial score (nSPS) is 18.2. The summed E-state index contributed by atoms with van der Waals surface area (Å²) in [4.78, 5) is 11.0. The van der Waals surface area contributed by atoms with Gasteiger partial charge in [0.1, 0.15) is 0 Å². The van der Waals surface area contributed by atoms with Crippen LogP contribution in [0.3, 0.4) is 0 Å². The van der Waals surface area contributed by atoms with Gasteiger partial charge < -0.3 is 10.1 Å². The lowest BCUT2D eigenvalue weighted by Gasteiger charge is -2.12. The highest BCUT2D eigenvalue weighted by atomic mass is 79.9. The van der Waals surface area contributed by atoms with E-state index in [0.29, 0.717) is 0 Å². The molecular weight excluding hydrogens is 270 g/mol. The van der Waals surface area contributed by atoms with Gasteiger partial charge in [-0.3, -0.25) is 4.79 Å². The van der Waals surface area contributed by atoms with E-state index in [1.807, 2.05) is 6.07 Å². The Hall–Kier alpha value is -0.870. The SMILES string of the molecule is COC(=O)CNC1CCc2cc(Br)ccc21. The number of fused-ring (bicyclic) bond motifs is 1. The average molecular weight is 284 g/mol. The van der Waals surface area contributed by atoms with Gasteiger partial charge in [-0.1, -0.05) is 22.0 Å². The van der Waals surface area contributed by atoms with Crippen molar-refractivity contribution in [1.82, 2.24) is 5.32 Å². The van der Waals surface area contributed by atoms with E-state index in [0.717, 1.165) is 17.3 Å². The lowest BCUT2D eigenvalue weighted by molar-refractivity contribution is -0.139. The molecule has 0 fully saturated rings. The molecule has 1 N–H and O–H groups in total. The molecule has 0 radical (unpaired) electrons. The third-order valence-corrected chi connectivity index (χ3v) is 3.40. The zero-order chi connectivity index (χ0) is 11.5. The molecule has 1 atom stereocenters. The van der Waals surface area contributed by atoms with E-state index < -0.39 is 0 Å². The molecule has 1 aliphatic carbocycles. The maximum Gasteiger partial charge on any atom is 0.319 e. The van der Waals surface area contributed by atoms with E-state index in [1.165, 1.54) is 18.2 Å². The first-order chi connectivity index (χ1) is 7.70. The summed E-state index contributed by atoms with van der Waals surface area (Å²) in [6, 6.07) is 6.58. The average Bonchev–Trinajstić information content (AvgIpc) is 2.68. The summed E-state index contributed by atoms with van der Waals surface area (Å²) < 4.78 is 5.72. The molecule has 1 aromatic carbocycles. The summed E-state index contributed by atoms with van der Waals surface area (Å²) in [5, 5.41) is 3.22. The predicted octanol–water partition coefficient (Wildman–Crippen LogP) is 2.20. The number of rotatable bonds is 3. The fourth-order valence-corrected chi connectivity index (χ4v) is 2.49. The lowest BCUT2D eigenvalue weighted by atomic mass is 10.1. The maximum absolute atomic E-state index is 11.0. The summed E-state index contributed by atoms with van der Waals surface area (Å²) in [6.45, 7) is 0.274. The van der Waals surface area contributed by atoms with Gasteiger partial charge in [-0.05, 0) is 36.1 Å². The molecule has 1 unspecified atom stereocenters. The number of aryl methyl sites for hydroxylation is 1. The van der Waals surface area contributed by atoms with Crippen molar-refractivity contribution >= 4 is 21.9 Å². The van der Waals surface area contributed by atoms with Gasteiger partial charge in [0.05, 0.1) is 13.7 Å². The van der Waals surface area contributed by atoms with Crippen LogP contribution < -0.4 is 5.32 Å². The molecule has 16 heavy (non-hydrogen) atoms.